The lowest BCUT2D eigenvalue weighted by Crippen LogP contribution is -2.35. The molecule has 1 N–H and O–H groups in total. The van der Waals surface area contributed by atoms with Crippen molar-refractivity contribution in [2.75, 3.05) is 20.8 Å². The topological polar surface area (TPSA) is 67.5 Å². The van der Waals surface area contributed by atoms with Crippen molar-refractivity contribution in [1.82, 2.24) is 14.9 Å². The van der Waals surface area contributed by atoms with Gasteiger partial charge in [0.2, 0.25) is 0 Å². The summed E-state index contributed by atoms with van der Waals surface area (Å²) in [6, 6.07) is 13.2. The van der Waals surface area contributed by atoms with Crippen molar-refractivity contribution in [3.05, 3.63) is 74.7 Å². The summed E-state index contributed by atoms with van der Waals surface area (Å²) in [7, 11) is 3.28. The Morgan fingerprint density at radius 2 is 1.93 bits per heavy atom. The van der Waals surface area contributed by atoms with Crippen LogP contribution in [0.1, 0.15) is 16.8 Å². The number of aromatic nitrogens is 2. The third-order valence-electron chi connectivity index (χ3n) is 5.15. The molecule has 0 atom stereocenters. The minimum absolute atomic E-state index is 0.0708. The number of rotatable bonds is 5. The van der Waals surface area contributed by atoms with Gasteiger partial charge in [0.1, 0.15) is 5.82 Å². The highest BCUT2D eigenvalue weighted by atomic mass is 35.5. The van der Waals surface area contributed by atoms with Crippen LogP contribution in [-0.4, -0.2) is 35.6 Å². The number of ether oxygens (including phenoxy) is 2. The maximum atomic E-state index is 12.6. The van der Waals surface area contributed by atoms with Crippen LogP contribution in [0.4, 0.5) is 0 Å². The standard InChI is InChI=1S/C22H22ClN3O3/c1-28-19-5-3-4-15(20(19)29-2)12-26-11-10-17-18(13-26)24-21(25-22(17)27)14-6-8-16(23)9-7-14/h3-9H,10-13H2,1-2H3,(H,24,25,27). The smallest absolute Gasteiger partial charge is 0.254 e. The molecule has 6 nitrogen and oxygen atoms in total. The molecule has 4 rings (SSSR count). The van der Waals surface area contributed by atoms with Crippen molar-refractivity contribution < 1.29 is 9.47 Å². The zero-order valence-corrected chi connectivity index (χ0v) is 17.1. The summed E-state index contributed by atoms with van der Waals surface area (Å²) >= 11 is 5.97. The van der Waals surface area contributed by atoms with Gasteiger partial charge in [0, 0.05) is 41.3 Å². The van der Waals surface area contributed by atoms with Gasteiger partial charge in [-0.15, -0.1) is 0 Å². The molecule has 0 bridgehead atoms. The zero-order valence-electron chi connectivity index (χ0n) is 16.4. The van der Waals surface area contributed by atoms with E-state index >= 15 is 0 Å². The number of fused-ring (bicyclic) bond motifs is 1. The van der Waals surface area contributed by atoms with Crippen LogP contribution in [0.25, 0.3) is 11.4 Å². The van der Waals surface area contributed by atoms with Gasteiger partial charge in [-0.25, -0.2) is 4.98 Å². The molecule has 1 aliphatic rings. The van der Waals surface area contributed by atoms with Crippen LogP contribution in [0.15, 0.2) is 47.3 Å². The third kappa shape index (κ3) is 3.99. The highest BCUT2D eigenvalue weighted by Crippen LogP contribution is 2.32. The predicted molar refractivity (Wildman–Crippen MR) is 113 cm³/mol. The lowest BCUT2D eigenvalue weighted by atomic mass is 10.0. The number of para-hydroxylation sites is 1. The molecule has 3 aromatic rings. The lowest BCUT2D eigenvalue weighted by molar-refractivity contribution is 0.235. The fraction of sp³-hybridized carbons (Fsp3) is 0.273. The van der Waals surface area contributed by atoms with Crippen molar-refractivity contribution in [2.45, 2.75) is 19.5 Å². The number of nitrogens with zero attached hydrogens (tertiary/aromatic N) is 2. The maximum Gasteiger partial charge on any atom is 0.254 e. The van der Waals surface area contributed by atoms with E-state index < -0.39 is 0 Å². The molecule has 150 valence electrons. The maximum absolute atomic E-state index is 12.6. The summed E-state index contributed by atoms with van der Waals surface area (Å²) in [6.45, 7) is 2.06. The van der Waals surface area contributed by atoms with Crippen LogP contribution >= 0.6 is 11.6 Å². The molecule has 1 aromatic heterocycles. The largest absolute Gasteiger partial charge is 0.493 e. The van der Waals surface area contributed by atoms with E-state index in [9.17, 15) is 4.79 Å². The average Bonchev–Trinajstić information content (AvgIpc) is 2.73. The van der Waals surface area contributed by atoms with Crippen LogP contribution in [0.5, 0.6) is 11.5 Å². The fourth-order valence-electron chi connectivity index (χ4n) is 3.69. The molecule has 1 aliphatic heterocycles. The Hall–Kier alpha value is -2.83. The number of aromatic amines is 1. The molecule has 2 aromatic carbocycles. The van der Waals surface area contributed by atoms with Crippen molar-refractivity contribution in [2.24, 2.45) is 0 Å². The van der Waals surface area contributed by atoms with Gasteiger partial charge in [-0.3, -0.25) is 9.69 Å². The quantitative estimate of drug-likeness (QED) is 0.693. The highest BCUT2D eigenvalue weighted by Gasteiger charge is 2.23. The number of halogens is 1. The minimum atomic E-state index is -0.0708. The van der Waals surface area contributed by atoms with E-state index in [-0.39, 0.29) is 5.56 Å². The Bertz CT molecular complexity index is 1080. The summed E-state index contributed by atoms with van der Waals surface area (Å²) in [4.78, 5) is 22.5. The first kappa shape index (κ1) is 19.5. The van der Waals surface area contributed by atoms with E-state index in [1.807, 2.05) is 30.3 Å². The van der Waals surface area contributed by atoms with Gasteiger partial charge >= 0.3 is 0 Å². The first-order valence-corrected chi connectivity index (χ1v) is 9.77. The molecule has 0 saturated heterocycles. The molecule has 0 spiro atoms. The molecule has 0 radical (unpaired) electrons. The Morgan fingerprint density at radius 3 is 2.66 bits per heavy atom. The van der Waals surface area contributed by atoms with Gasteiger partial charge in [0.25, 0.3) is 5.56 Å². The summed E-state index contributed by atoms with van der Waals surface area (Å²) < 4.78 is 11.0. The van der Waals surface area contributed by atoms with Crippen LogP contribution in [0.2, 0.25) is 5.02 Å². The molecule has 0 amide bonds. The van der Waals surface area contributed by atoms with E-state index in [0.717, 1.165) is 34.7 Å². The van der Waals surface area contributed by atoms with Gasteiger partial charge in [-0.1, -0.05) is 23.7 Å². The molecule has 0 fully saturated rings. The highest BCUT2D eigenvalue weighted by molar-refractivity contribution is 6.30. The second-order valence-corrected chi connectivity index (χ2v) is 7.40. The number of H-pyrrole nitrogens is 1. The van der Waals surface area contributed by atoms with Crippen LogP contribution < -0.4 is 15.0 Å². The van der Waals surface area contributed by atoms with Gasteiger partial charge in [0.05, 0.1) is 19.9 Å². The molecule has 0 saturated carbocycles. The Balaban J connectivity index is 1.61. The Kier molecular flexibility index (Phi) is 5.56. The normalized spacial score (nSPS) is 13.8. The van der Waals surface area contributed by atoms with Crippen molar-refractivity contribution in [1.29, 1.82) is 0 Å². The molecular formula is C22H22ClN3O3. The second kappa shape index (κ2) is 8.27. The minimum Gasteiger partial charge on any atom is -0.493 e. The van der Waals surface area contributed by atoms with E-state index in [0.29, 0.717) is 36.1 Å². The number of hydrogen-bond acceptors (Lipinski definition) is 5. The van der Waals surface area contributed by atoms with Crippen LogP contribution in [-0.2, 0) is 19.5 Å². The van der Waals surface area contributed by atoms with Crippen LogP contribution in [0, 0.1) is 0 Å². The molecule has 29 heavy (non-hydrogen) atoms. The van der Waals surface area contributed by atoms with Gasteiger partial charge in [0.15, 0.2) is 11.5 Å². The van der Waals surface area contributed by atoms with Crippen molar-refractivity contribution in [3.63, 3.8) is 0 Å². The molecule has 0 aliphatic carbocycles. The van der Waals surface area contributed by atoms with Gasteiger partial charge in [-0.05, 0) is 36.8 Å². The Morgan fingerprint density at radius 1 is 1.14 bits per heavy atom. The first-order valence-electron chi connectivity index (χ1n) is 9.39. The average molecular weight is 412 g/mol. The summed E-state index contributed by atoms with van der Waals surface area (Å²) in [5.41, 5.74) is 3.38. The van der Waals surface area contributed by atoms with E-state index in [2.05, 4.69) is 9.88 Å². The first-order chi connectivity index (χ1) is 14.1. The molecule has 0 unspecified atom stereocenters. The summed E-state index contributed by atoms with van der Waals surface area (Å²) in [5, 5.41) is 0.646. The van der Waals surface area contributed by atoms with Crippen molar-refractivity contribution >= 4 is 11.6 Å². The Labute approximate surface area is 174 Å². The van der Waals surface area contributed by atoms with E-state index in [1.165, 1.54) is 0 Å². The predicted octanol–water partition coefficient (Wildman–Crippen LogP) is 3.67. The molecule has 2 heterocycles. The van der Waals surface area contributed by atoms with Gasteiger partial charge in [-0.2, -0.15) is 0 Å². The monoisotopic (exact) mass is 411 g/mol. The lowest BCUT2D eigenvalue weighted by Gasteiger charge is -2.28. The number of hydrogen-bond donors (Lipinski definition) is 1. The SMILES string of the molecule is COc1cccc(CN2CCc3c(nc(-c4ccc(Cl)cc4)[nH]c3=O)C2)c1OC. The molecular weight excluding hydrogens is 390 g/mol. The van der Waals surface area contributed by atoms with E-state index in [4.69, 9.17) is 26.1 Å². The van der Waals surface area contributed by atoms with Crippen LogP contribution in [0.3, 0.4) is 0 Å². The zero-order chi connectivity index (χ0) is 20.4. The van der Waals surface area contributed by atoms with Gasteiger partial charge < -0.3 is 14.5 Å². The summed E-state index contributed by atoms with van der Waals surface area (Å²) in [5.74, 6) is 2.01. The second-order valence-electron chi connectivity index (χ2n) is 6.96. The molecule has 7 heteroatoms. The summed E-state index contributed by atoms with van der Waals surface area (Å²) in [6.07, 6.45) is 0.658. The number of methoxy groups -OCH3 is 2. The van der Waals surface area contributed by atoms with E-state index in [1.54, 1.807) is 26.4 Å². The number of benzene rings is 2. The van der Waals surface area contributed by atoms with Crippen molar-refractivity contribution in [3.8, 4) is 22.9 Å². The number of nitrogens with one attached hydrogen (secondary N) is 1. The fourth-order valence-corrected chi connectivity index (χ4v) is 3.82. The third-order valence-corrected chi connectivity index (χ3v) is 5.40.